The van der Waals surface area contributed by atoms with Gasteiger partial charge in [0.2, 0.25) is 0 Å². The third kappa shape index (κ3) is 5.24. The molecule has 0 radical (unpaired) electrons. The van der Waals surface area contributed by atoms with Gasteiger partial charge in [-0.3, -0.25) is 4.18 Å². The monoisotopic (exact) mass is 327 g/mol. The highest BCUT2D eigenvalue weighted by Crippen LogP contribution is 2.25. The van der Waals surface area contributed by atoms with Crippen LogP contribution < -0.4 is 4.72 Å². The van der Waals surface area contributed by atoms with E-state index in [1.54, 1.807) is 0 Å². The van der Waals surface area contributed by atoms with E-state index in [2.05, 4.69) is 34.5 Å². The number of alkyl halides is 1. The van der Waals surface area contributed by atoms with Crippen molar-refractivity contribution in [3.8, 4) is 0 Å². The molecule has 6 heteroatoms. The first kappa shape index (κ1) is 15.4. The molecule has 17 heavy (non-hydrogen) atoms. The summed E-state index contributed by atoms with van der Waals surface area (Å²) in [5.41, 5.74) is 0. The minimum Gasteiger partial charge on any atom is -0.258 e. The third-order valence-corrected chi connectivity index (χ3v) is 5.24. The maximum absolute atomic E-state index is 11.5. The van der Waals surface area contributed by atoms with Crippen LogP contribution in [0.4, 0.5) is 0 Å². The average Bonchev–Trinajstić information content (AvgIpc) is 2.38. The fraction of sp³-hybridized carbons (Fsp3) is 1.00. The van der Waals surface area contributed by atoms with Gasteiger partial charge in [-0.15, -0.1) is 0 Å². The lowest BCUT2D eigenvalue weighted by molar-refractivity contribution is 0.298. The highest BCUT2D eigenvalue weighted by molar-refractivity contribution is 9.09. The first-order valence-electron chi connectivity index (χ1n) is 6.27. The van der Waals surface area contributed by atoms with Crippen LogP contribution in [-0.4, -0.2) is 25.9 Å². The molecule has 1 aliphatic rings. The van der Waals surface area contributed by atoms with Crippen LogP contribution in [0.5, 0.6) is 0 Å². The molecule has 1 fully saturated rings. The Morgan fingerprint density at radius 2 is 2.18 bits per heavy atom. The Kier molecular flexibility index (Phi) is 6.40. The Balaban J connectivity index is 2.58. The molecule has 0 aromatic heterocycles. The Hall–Kier alpha value is 0.350. The highest BCUT2D eigenvalue weighted by Gasteiger charge is 2.32. The van der Waals surface area contributed by atoms with Crippen LogP contribution >= 0.6 is 15.9 Å². The normalized spacial score (nSPS) is 30.8. The summed E-state index contributed by atoms with van der Waals surface area (Å²) in [5.74, 6) is 0.290. The second kappa shape index (κ2) is 7.07. The van der Waals surface area contributed by atoms with Crippen molar-refractivity contribution >= 4 is 26.2 Å². The molecule has 3 atom stereocenters. The lowest BCUT2D eigenvalue weighted by atomic mass is 9.94. The third-order valence-electron chi connectivity index (χ3n) is 3.18. The van der Waals surface area contributed by atoms with Gasteiger partial charge in [0.15, 0.2) is 0 Å². The smallest absolute Gasteiger partial charge is 0.258 e. The van der Waals surface area contributed by atoms with Gasteiger partial charge in [-0.2, -0.15) is 13.1 Å². The van der Waals surface area contributed by atoms with Crippen molar-refractivity contribution in [3.63, 3.8) is 0 Å². The standard InChI is InChI=1S/C11H22BrNO3S/c1-3-4-5-6-10(12)11-9(2)7-8-16-17(14,15)13-11/h9-11,13H,3-8H2,1-2H3/t9-,10+,11?/m1/s1. The molecule has 0 aromatic rings. The van der Waals surface area contributed by atoms with Crippen LogP contribution in [0.1, 0.15) is 46.0 Å². The van der Waals surface area contributed by atoms with E-state index in [1.807, 2.05) is 0 Å². The first-order valence-corrected chi connectivity index (χ1v) is 8.59. The molecule has 4 nitrogen and oxygen atoms in total. The average molecular weight is 328 g/mol. The number of halogens is 1. The van der Waals surface area contributed by atoms with Gasteiger partial charge in [0.25, 0.3) is 0 Å². The van der Waals surface area contributed by atoms with Gasteiger partial charge in [-0.05, 0) is 18.8 Å². The summed E-state index contributed by atoms with van der Waals surface area (Å²) >= 11 is 3.61. The van der Waals surface area contributed by atoms with Crippen LogP contribution in [0, 0.1) is 5.92 Å². The molecular formula is C11H22BrNO3S. The van der Waals surface area contributed by atoms with Gasteiger partial charge >= 0.3 is 10.3 Å². The summed E-state index contributed by atoms with van der Waals surface area (Å²) in [7, 11) is -3.56. The Bertz CT molecular complexity index is 321. The molecule has 0 spiro atoms. The molecule has 102 valence electrons. The zero-order chi connectivity index (χ0) is 12.9. The van der Waals surface area contributed by atoms with Gasteiger partial charge in [-0.25, -0.2) is 0 Å². The molecular weight excluding hydrogens is 306 g/mol. The molecule has 1 N–H and O–H groups in total. The minimum absolute atomic E-state index is 0.0700. The Morgan fingerprint density at radius 3 is 2.82 bits per heavy atom. The zero-order valence-corrected chi connectivity index (χ0v) is 12.9. The van der Waals surface area contributed by atoms with Gasteiger partial charge in [0, 0.05) is 10.9 Å². The Morgan fingerprint density at radius 1 is 1.47 bits per heavy atom. The predicted molar refractivity (Wildman–Crippen MR) is 72.4 cm³/mol. The van der Waals surface area contributed by atoms with E-state index >= 15 is 0 Å². The van der Waals surface area contributed by atoms with Crippen molar-refractivity contribution in [3.05, 3.63) is 0 Å². The molecule has 0 aromatic carbocycles. The minimum atomic E-state index is -3.56. The Labute approximate surface area is 113 Å². The van der Waals surface area contributed by atoms with E-state index < -0.39 is 10.3 Å². The van der Waals surface area contributed by atoms with E-state index in [0.717, 1.165) is 19.3 Å². The number of rotatable bonds is 5. The van der Waals surface area contributed by atoms with E-state index in [-0.39, 0.29) is 17.5 Å². The summed E-state index contributed by atoms with van der Waals surface area (Å²) in [6, 6.07) is -0.0700. The number of hydrogen-bond donors (Lipinski definition) is 1. The largest absolute Gasteiger partial charge is 0.336 e. The molecule has 1 unspecified atom stereocenters. The van der Waals surface area contributed by atoms with Crippen molar-refractivity contribution in [2.45, 2.75) is 56.8 Å². The van der Waals surface area contributed by atoms with Crippen LogP contribution in [0.25, 0.3) is 0 Å². The second-order valence-corrected chi connectivity index (χ2v) is 7.25. The lowest BCUT2D eigenvalue weighted by Crippen LogP contribution is -2.43. The zero-order valence-electron chi connectivity index (χ0n) is 10.5. The molecule has 1 rings (SSSR count). The summed E-state index contributed by atoms with van der Waals surface area (Å²) in [6.45, 7) is 4.51. The molecule has 1 aliphatic heterocycles. The van der Waals surface area contributed by atoms with E-state index in [4.69, 9.17) is 4.18 Å². The summed E-state index contributed by atoms with van der Waals surface area (Å²) in [5, 5.41) is 0. The van der Waals surface area contributed by atoms with Crippen LogP contribution in [0.2, 0.25) is 0 Å². The van der Waals surface area contributed by atoms with Crippen LogP contribution in [0.3, 0.4) is 0 Å². The van der Waals surface area contributed by atoms with Crippen molar-refractivity contribution in [1.29, 1.82) is 0 Å². The molecule has 1 saturated heterocycles. The SMILES string of the molecule is CCCCC[C@H](Br)C1NS(=O)(=O)OCC[C@H]1C. The topological polar surface area (TPSA) is 55.4 Å². The number of unbranched alkanes of at least 4 members (excludes halogenated alkanes) is 2. The number of hydrogen-bond acceptors (Lipinski definition) is 3. The molecule has 0 bridgehead atoms. The summed E-state index contributed by atoms with van der Waals surface area (Å²) in [6.07, 6.45) is 5.25. The van der Waals surface area contributed by atoms with Crippen LogP contribution in [-0.2, 0) is 14.5 Å². The van der Waals surface area contributed by atoms with E-state index in [1.165, 1.54) is 12.8 Å². The van der Waals surface area contributed by atoms with Gasteiger partial charge in [0.05, 0.1) is 6.61 Å². The maximum atomic E-state index is 11.5. The summed E-state index contributed by atoms with van der Waals surface area (Å²) in [4.78, 5) is 0.181. The first-order chi connectivity index (χ1) is 7.96. The van der Waals surface area contributed by atoms with Crippen molar-refractivity contribution in [2.24, 2.45) is 5.92 Å². The molecule has 0 amide bonds. The van der Waals surface area contributed by atoms with Crippen molar-refractivity contribution in [2.75, 3.05) is 6.61 Å². The fourth-order valence-electron chi connectivity index (χ4n) is 2.04. The number of nitrogens with one attached hydrogen (secondary N) is 1. The molecule has 0 saturated carbocycles. The van der Waals surface area contributed by atoms with Crippen molar-refractivity contribution in [1.82, 2.24) is 4.72 Å². The van der Waals surface area contributed by atoms with Crippen LogP contribution in [0.15, 0.2) is 0 Å². The summed E-state index contributed by atoms with van der Waals surface area (Å²) < 4.78 is 30.5. The fourth-order valence-corrected chi connectivity index (χ4v) is 4.30. The van der Waals surface area contributed by atoms with Crippen molar-refractivity contribution < 1.29 is 12.6 Å². The second-order valence-electron chi connectivity index (χ2n) is 4.70. The molecule has 1 heterocycles. The molecule has 0 aliphatic carbocycles. The predicted octanol–water partition coefficient (Wildman–Crippen LogP) is 2.59. The van der Waals surface area contributed by atoms with E-state index in [0.29, 0.717) is 5.92 Å². The maximum Gasteiger partial charge on any atom is 0.336 e. The van der Waals surface area contributed by atoms with Gasteiger partial charge in [0.1, 0.15) is 0 Å². The quantitative estimate of drug-likeness (QED) is 0.623. The van der Waals surface area contributed by atoms with E-state index in [9.17, 15) is 8.42 Å². The van der Waals surface area contributed by atoms with Gasteiger partial charge in [-0.1, -0.05) is 49.0 Å². The highest BCUT2D eigenvalue weighted by atomic mass is 79.9. The lowest BCUT2D eigenvalue weighted by Gasteiger charge is -2.25. The van der Waals surface area contributed by atoms with Gasteiger partial charge < -0.3 is 0 Å².